The number of likely N-dealkylation sites (tertiary alicyclic amines) is 1. The summed E-state index contributed by atoms with van der Waals surface area (Å²) in [5.74, 6) is 0.839. The number of pyridine rings is 1. The van der Waals surface area contributed by atoms with E-state index in [2.05, 4.69) is 22.0 Å². The normalized spacial score (nSPS) is 31.7. The van der Waals surface area contributed by atoms with Crippen LogP contribution in [-0.4, -0.2) is 48.9 Å². The van der Waals surface area contributed by atoms with Gasteiger partial charge >= 0.3 is 0 Å². The number of hydrogen-bond acceptors (Lipinski definition) is 4. The Hall–Kier alpha value is -0.970. The van der Waals surface area contributed by atoms with Crippen molar-refractivity contribution in [2.75, 3.05) is 32.9 Å². The van der Waals surface area contributed by atoms with Crippen LogP contribution in [0.1, 0.15) is 37.7 Å². The summed E-state index contributed by atoms with van der Waals surface area (Å²) in [5.41, 5.74) is 1.56. The molecule has 4 heteroatoms. The zero-order valence-corrected chi connectivity index (χ0v) is 14.0. The molecule has 0 N–H and O–H groups in total. The molecule has 1 aromatic heterocycles. The van der Waals surface area contributed by atoms with Crippen molar-refractivity contribution in [2.45, 2.75) is 44.8 Å². The van der Waals surface area contributed by atoms with E-state index < -0.39 is 0 Å². The zero-order valence-electron chi connectivity index (χ0n) is 14.0. The molecule has 0 spiro atoms. The van der Waals surface area contributed by atoms with Gasteiger partial charge in [0.05, 0.1) is 12.7 Å². The predicted octanol–water partition coefficient (Wildman–Crippen LogP) is 2.88. The summed E-state index contributed by atoms with van der Waals surface area (Å²) in [7, 11) is 0. The standard InChI is InChI=1S/C19H28N2O2/c1-7-19(15-22-13-17-2-3-17)14-21(10-6-18(19)23-11-1)12-16-4-8-20-9-5-16/h4-5,8-9,17-18H,1-3,6-7,10-15H2. The number of aromatic nitrogens is 1. The van der Waals surface area contributed by atoms with Crippen molar-refractivity contribution in [2.24, 2.45) is 11.3 Å². The van der Waals surface area contributed by atoms with Gasteiger partial charge in [0.2, 0.25) is 0 Å². The summed E-state index contributed by atoms with van der Waals surface area (Å²) in [5, 5.41) is 0. The van der Waals surface area contributed by atoms with Crippen molar-refractivity contribution in [3.8, 4) is 0 Å². The lowest BCUT2D eigenvalue weighted by atomic mass is 9.73. The number of nitrogens with zero attached hydrogens (tertiary/aromatic N) is 2. The second-order valence-electron chi connectivity index (χ2n) is 7.64. The number of hydrogen-bond donors (Lipinski definition) is 0. The van der Waals surface area contributed by atoms with Crippen molar-refractivity contribution >= 4 is 0 Å². The maximum Gasteiger partial charge on any atom is 0.0677 e. The van der Waals surface area contributed by atoms with Crippen molar-refractivity contribution in [3.05, 3.63) is 30.1 Å². The van der Waals surface area contributed by atoms with Gasteiger partial charge in [-0.05, 0) is 55.7 Å². The Morgan fingerprint density at radius 1 is 1.26 bits per heavy atom. The maximum atomic E-state index is 6.14. The molecule has 0 bridgehead atoms. The summed E-state index contributed by atoms with van der Waals surface area (Å²) in [6.45, 7) is 6.00. The molecular formula is C19H28N2O2. The summed E-state index contributed by atoms with van der Waals surface area (Å²) >= 11 is 0. The molecule has 2 unspecified atom stereocenters. The van der Waals surface area contributed by atoms with Gasteiger partial charge in [0.1, 0.15) is 0 Å². The van der Waals surface area contributed by atoms with Gasteiger partial charge in [-0.3, -0.25) is 9.88 Å². The molecule has 3 fully saturated rings. The fourth-order valence-electron chi connectivity index (χ4n) is 4.19. The number of rotatable bonds is 6. The van der Waals surface area contributed by atoms with E-state index in [9.17, 15) is 0 Å². The van der Waals surface area contributed by atoms with E-state index in [0.717, 1.165) is 51.8 Å². The SMILES string of the molecule is c1cc(CN2CCC3OCCCC3(COCC3CC3)C2)ccn1. The second kappa shape index (κ2) is 6.88. The van der Waals surface area contributed by atoms with Gasteiger partial charge in [-0.1, -0.05) is 0 Å². The van der Waals surface area contributed by atoms with Crippen LogP contribution >= 0.6 is 0 Å². The Kier molecular flexibility index (Phi) is 4.65. The zero-order chi connectivity index (χ0) is 15.5. The minimum Gasteiger partial charge on any atom is -0.380 e. The molecule has 1 saturated carbocycles. The van der Waals surface area contributed by atoms with Crippen LogP contribution in [0.5, 0.6) is 0 Å². The van der Waals surface area contributed by atoms with E-state index in [1.54, 1.807) is 0 Å². The third-order valence-electron chi connectivity index (χ3n) is 5.66. The lowest BCUT2D eigenvalue weighted by molar-refractivity contribution is -0.154. The molecule has 2 aliphatic heterocycles. The van der Waals surface area contributed by atoms with Gasteiger partial charge in [-0.25, -0.2) is 0 Å². The Morgan fingerprint density at radius 3 is 2.96 bits per heavy atom. The molecule has 2 saturated heterocycles. The van der Waals surface area contributed by atoms with Crippen LogP contribution in [0.3, 0.4) is 0 Å². The van der Waals surface area contributed by atoms with Crippen molar-refractivity contribution in [1.29, 1.82) is 0 Å². The Labute approximate surface area is 139 Å². The lowest BCUT2D eigenvalue weighted by Crippen LogP contribution is -2.56. The highest BCUT2D eigenvalue weighted by Gasteiger charge is 2.46. The minimum atomic E-state index is 0.207. The Balaban J connectivity index is 1.41. The first-order valence-electron chi connectivity index (χ1n) is 9.15. The van der Waals surface area contributed by atoms with Crippen LogP contribution in [0.4, 0.5) is 0 Å². The summed E-state index contributed by atoms with van der Waals surface area (Å²) in [4.78, 5) is 6.71. The second-order valence-corrected chi connectivity index (χ2v) is 7.64. The van der Waals surface area contributed by atoms with Gasteiger partial charge in [-0.15, -0.1) is 0 Å². The van der Waals surface area contributed by atoms with Gasteiger partial charge in [0, 0.05) is 50.7 Å². The molecule has 4 nitrogen and oxygen atoms in total. The molecule has 0 radical (unpaired) electrons. The summed E-state index contributed by atoms with van der Waals surface area (Å²) in [6.07, 6.45) is 10.5. The average molecular weight is 316 g/mol. The van der Waals surface area contributed by atoms with Gasteiger partial charge in [0.25, 0.3) is 0 Å². The topological polar surface area (TPSA) is 34.6 Å². The first kappa shape index (κ1) is 15.6. The molecule has 126 valence electrons. The highest BCUT2D eigenvalue weighted by Crippen LogP contribution is 2.41. The average Bonchev–Trinajstić information content (AvgIpc) is 3.40. The van der Waals surface area contributed by atoms with E-state index >= 15 is 0 Å². The Bertz CT molecular complexity index is 505. The first-order valence-corrected chi connectivity index (χ1v) is 9.15. The van der Waals surface area contributed by atoms with Crippen LogP contribution in [0, 0.1) is 11.3 Å². The van der Waals surface area contributed by atoms with E-state index in [4.69, 9.17) is 9.47 Å². The van der Waals surface area contributed by atoms with E-state index in [0.29, 0.717) is 6.10 Å². The van der Waals surface area contributed by atoms with Crippen LogP contribution in [0.15, 0.2) is 24.5 Å². The fraction of sp³-hybridized carbons (Fsp3) is 0.737. The molecule has 0 aromatic carbocycles. The molecule has 4 rings (SSSR count). The van der Waals surface area contributed by atoms with Crippen molar-refractivity contribution in [1.82, 2.24) is 9.88 Å². The number of piperidine rings is 1. The number of fused-ring (bicyclic) bond motifs is 1. The lowest BCUT2D eigenvalue weighted by Gasteiger charge is -2.50. The monoisotopic (exact) mass is 316 g/mol. The van der Waals surface area contributed by atoms with E-state index in [1.165, 1.54) is 31.2 Å². The third-order valence-corrected chi connectivity index (χ3v) is 5.66. The molecule has 3 heterocycles. The maximum absolute atomic E-state index is 6.14. The summed E-state index contributed by atoms with van der Waals surface area (Å²) < 4.78 is 12.3. The highest BCUT2D eigenvalue weighted by molar-refractivity contribution is 5.10. The molecule has 2 atom stereocenters. The summed E-state index contributed by atoms with van der Waals surface area (Å²) in [6, 6.07) is 4.25. The smallest absolute Gasteiger partial charge is 0.0677 e. The molecule has 1 aliphatic carbocycles. The molecule has 1 aromatic rings. The molecule has 3 aliphatic rings. The fourth-order valence-corrected chi connectivity index (χ4v) is 4.19. The van der Waals surface area contributed by atoms with Crippen LogP contribution < -0.4 is 0 Å². The predicted molar refractivity (Wildman–Crippen MR) is 89.1 cm³/mol. The van der Waals surface area contributed by atoms with Gasteiger partial charge in [-0.2, -0.15) is 0 Å². The van der Waals surface area contributed by atoms with Crippen LogP contribution in [0.2, 0.25) is 0 Å². The number of ether oxygens (including phenoxy) is 2. The highest BCUT2D eigenvalue weighted by atomic mass is 16.5. The Morgan fingerprint density at radius 2 is 2.13 bits per heavy atom. The molecule has 23 heavy (non-hydrogen) atoms. The van der Waals surface area contributed by atoms with Crippen LogP contribution in [0.25, 0.3) is 0 Å². The first-order chi connectivity index (χ1) is 11.3. The van der Waals surface area contributed by atoms with E-state index in [1.807, 2.05) is 12.4 Å². The molecular weight excluding hydrogens is 288 g/mol. The largest absolute Gasteiger partial charge is 0.380 e. The minimum absolute atomic E-state index is 0.207. The van der Waals surface area contributed by atoms with Crippen molar-refractivity contribution < 1.29 is 9.47 Å². The third kappa shape index (κ3) is 3.76. The van der Waals surface area contributed by atoms with Crippen molar-refractivity contribution in [3.63, 3.8) is 0 Å². The van der Waals surface area contributed by atoms with Crippen LogP contribution in [-0.2, 0) is 16.0 Å². The molecule has 0 amide bonds. The quantitative estimate of drug-likeness (QED) is 0.808. The van der Waals surface area contributed by atoms with Gasteiger partial charge < -0.3 is 9.47 Å². The van der Waals surface area contributed by atoms with Gasteiger partial charge in [0.15, 0.2) is 0 Å². The van der Waals surface area contributed by atoms with E-state index in [-0.39, 0.29) is 5.41 Å².